The van der Waals surface area contributed by atoms with Crippen LogP contribution in [0.15, 0.2) is 71.8 Å². The predicted molar refractivity (Wildman–Crippen MR) is 120 cm³/mol. The summed E-state index contributed by atoms with van der Waals surface area (Å²) in [5.41, 5.74) is 3.12. The van der Waals surface area contributed by atoms with Crippen LogP contribution in [0.1, 0.15) is 17.8 Å². The molecular formula is C23H19FN4OS. The highest BCUT2D eigenvalue weighted by Gasteiger charge is 2.07. The maximum atomic E-state index is 13.2. The van der Waals surface area contributed by atoms with E-state index in [0.29, 0.717) is 17.9 Å². The SMILES string of the molecule is O=C(CCSc1ccc2c(C=Cc3ccccn3)n[nH]c2c1)Nc1cccc(F)c1. The number of halogens is 1. The first-order chi connectivity index (χ1) is 14.7. The van der Waals surface area contributed by atoms with Crippen LogP contribution < -0.4 is 5.32 Å². The zero-order valence-electron chi connectivity index (χ0n) is 16.0. The van der Waals surface area contributed by atoms with Gasteiger partial charge in [-0.1, -0.05) is 12.1 Å². The number of benzene rings is 2. The minimum absolute atomic E-state index is 0.141. The van der Waals surface area contributed by atoms with Crippen LogP contribution in [0, 0.1) is 5.82 Å². The van der Waals surface area contributed by atoms with Crippen LogP contribution in [-0.2, 0) is 4.79 Å². The summed E-state index contributed by atoms with van der Waals surface area (Å²) in [4.78, 5) is 17.4. The molecule has 0 spiro atoms. The Bertz CT molecular complexity index is 1190. The van der Waals surface area contributed by atoms with Gasteiger partial charge in [-0.2, -0.15) is 5.10 Å². The molecule has 0 atom stereocenters. The molecule has 0 saturated heterocycles. The highest BCUT2D eigenvalue weighted by atomic mass is 32.2. The van der Waals surface area contributed by atoms with E-state index in [9.17, 15) is 9.18 Å². The number of rotatable bonds is 7. The van der Waals surface area contributed by atoms with Crippen molar-refractivity contribution in [3.63, 3.8) is 0 Å². The number of H-pyrrole nitrogens is 1. The van der Waals surface area contributed by atoms with E-state index in [4.69, 9.17) is 0 Å². The summed E-state index contributed by atoms with van der Waals surface area (Å²) in [7, 11) is 0. The molecular weight excluding hydrogens is 399 g/mol. The lowest BCUT2D eigenvalue weighted by molar-refractivity contribution is -0.115. The molecule has 7 heteroatoms. The van der Waals surface area contributed by atoms with Crippen molar-refractivity contribution in [1.82, 2.24) is 15.2 Å². The Morgan fingerprint density at radius 3 is 2.87 bits per heavy atom. The van der Waals surface area contributed by atoms with Crippen molar-refractivity contribution < 1.29 is 9.18 Å². The van der Waals surface area contributed by atoms with Gasteiger partial charge in [-0.05, 0) is 60.7 Å². The number of hydrogen-bond acceptors (Lipinski definition) is 4. The molecule has 0 aliphatic rings. The van der Waals surface area contributed by atoms with Crippen molar-refractivity contribution in [3.05, 3.63) is 84.1 Å². The van der Waals surface area contributed by atoms with Gasteiger partial charge in [0.1, 0.15) is 5.82 Å². The maximum absolute atomic E-state index is 13.2. The number of nitrogens with one attached hydrogen (secondary N) is 2. The quantitative estimate of drug-likeness (QED) is 0.395. The molecule has 30 heavy (non-hydrogen) atoms. The van der Waals surface area contributed by atoms with Gasteiger partial charge in [-0.25, -0.2) is 4.39 Å². The summed E-state index contributed by atoms with van der Waals surface area (Å²) < 4.78 is 13.2. The van der Waals surface area contributed by atoms with E-state index in [1.165, 1.54) is 12.1 Å². The molecule has 2 N–H and O–H groups in total. The Kier molecular flexibility index (Phi) is 6.20. The summed E-state index contributed by atoms with van der Waals surface area (Å²) in [5.74, 6) is 0.106. The van der Waals surface area contributed by atoms with Crippen LogP contribution in [0.3, 0.4) is 0 Å². The Balaban J connectivity index is 1.34. The topological polar surface area (TPSA) is 70.7 Å². The number of anilines is 1. The van der Waals surface area contributed by atoms with Crippen LogP contribution in [0.4, 0.5) is 10.1 Å². The normalized spacial score (nSPS) is 11.2. The van der Waals surface area contributed by atoms with E-state index in [-0.39, 0.29) is 11.7 Å². The molecule has 2 aromatic carbocycles. The number of hydrogen-bond donors (Lipinski definition) is 2. The Morgan fingerprint density at radius 1 is 1.10 bits per heavy atom. The van der Waals surface area contributed by atoms with Crippen molar-refractivity contribution in [2.75, 3.05) is 11.1 Å². The molecule has 4 aromatic rings. The van der Waals surface area contributed by atoms with Gasteiger partial charge in [0.25, 0.3) is 0 Å². The summed E-state index contributed by atoms with van der Waals surface area (Å²) in [5, 5.41) is 11.2. The zero-order chi connectivity index (χ0) is 20.8. The second-order valence-corrected chi connectivity index (χ2v) is 7.73. The van der Waals surface area contributed by atoms with Crippen molar-refractivity contribution >= 4 is 46.4 Å². The third-order valence-corrected chi connectivity index (χ3v) is 5.37. The first kappa shape index (κ1) is 19.8. The summed E-state index contributed by atoms with van der Waals surface area (Å²) in [6.07, 6.45) is 5.95. The molecule has 2 aromatic heterocycles. The third kappa shape index (κ3) is 5.12. The fourth-order valence-corrected chi connectivity index (χ4v) is 3.82. The molecule has 0 fully saturated rings. The third-order valence-electron chi connectivity index (χ3n) is 4.37. The van der Waals surface area contributed by atoms with E-state index in [1.54, 1.807) is 30.1 Å². The molecule has 4 rings (SSSR count). The van der Waals surface area contributed by atoms with Gasteiger partial charge >= 0.3 is 0 Å². The van der Waals surface area contributed by atoms with E-state index >= 15 is 0 Å². The number of fused-ring (bicyclic) bond motifs is 1. The molecule has 0 radical (unpaired) electrons. The minimum atomic E-state index is -0.371. The average Bonchev–Trinajstić information content (AvgIpc) is 3.15. The summed E-state index contributed by atoms with van der Waals surface area (Å²) in [6.45, 7) is 0. The van der Waals surface area contributed by atoms with Crippen LogP contribution in [0.5, 0.6) is 0 Å². The van der Waals surface area contributed by atoms with Crippen LogP contribution >= 0.6 is 11.8 Å². The van der Waals surface area contributed by atoms with Gasteiger partial charge in [0.2, 0.25) is 5.91 Å². The molecule has 0 saturated carbocycles. The number of aromatic amines is 1. The highest BCUT2D eigenvalue weighted by molar-refractivity contribution is 7.99. The van der Waals surface area contributed by atoms with Crippen molar-refractivity contribution in [1.29, 1.82) is 0 Å². The molecule has 2 heterocycles. The molecule has 5 nitrogen and oxygen atoms in total. The number of pyridine rings is 1. The van der Waals surface area contributed by atoms with Crippen LogP contribution in [0.25, 0.3) is 23.1 Å². The van der Waals surface area contributed by atoms with Gasteiger partial charge in [-0.3, -0.25) is 14.9 Å². The van der Waals surface area contributed by atoms with E-state index in [2.05, 4.69) is 20.5 Å². The molecule has 150 valence electrons. The van der Waals surface area contributed by atoms with E-state index in [0.717, 1.165) is 27.2 Å². The molecule has 0 aliphatic carbocycles. The first-order valence-electron chi connectivity index (χ1n) is 9.43. The lowest BCUT2D eigenvalue weighted by Crippen LogP contribution is -2.12. The largest absolute Gasteiger partial charge is 0.326 e. The maximum Gasteiger partial charge on any atom is 0.225 e. The number of thioether (sulfide) groups is 1. The molecule has 0 bridgehead atoms. The van der Waals surface area contributed by atoms with Gasteiger partial charge in [-0.15, -0.1) is 11.8 Å². The fourth-order valence-electron chi connectivity index (χ4n) is 2.93. The molecule has 0 unspecified atom stereocenters. The number of carbonyl (C=O) groups excluding carboxylic acids is 1. The first-order valence-corrected chi connectivity index (χ1v) is 10.4. The smallest absolute Gasteiger partial charge is 0.225 e. The fraction of sp³-hybridized carbons (Fsp3) is 0.0870. The standard InChI is InChI=1S/C23H19FN4OS/c24-16-4-3-6-18(14-16)26-23(29)11-13-30-19-8-9-20-21(27-28-22(20)15-19)10-7-17-5-1-2-12-25-17/h1-10,12,14-15H,11,13H2,(H,26,29)(H,27,28). The van der Waals surface area contributed by atoms with E-state index in [1.807, 2.05) is 48.6 Å². The van der Waals surface area contributed by atoms with Gasteiger partial charge in [0.05, 0.1) is 16.9 Å². The average molecular weight is 418 g/mol. The number of aromatic nitrogens is 3. The lowest BCUT2D eigenvalue weighted by Gasteiger charge is -2.05. The van der Waals surface area contributed by atoms with E-state index < -0.39 is 0 Å². The predicted octanol–water partition coefficient (Wildman–Crippen LogP) is 5.39. The Morgan fingerprint density at radius 2 is 2.03 bits per heavy atom. The van der Waals surface area contributed by atoms with Gasteiger partial charge < -0.3 is 5.32 Å². The number of nitrogens with zero attached hydrogens (tertiary/aromatic N) is 2. The number of amides is 1. The zero-order valence-corrected chi connectivity index (χ0v) is 16.8. The summed E-state index contributed by atoms with van der Waals surface area (Å²) in [6, 6.07) is 17.7. The Hall–Kier alpha value is -3.45. The van der Waals surface area contributed by atoms with Gasteiger partial charge in [0.15, 0.2) is 0 Å². The minimum Gasteiger partial charge on any atom is -0.326 e. The highest BCUT2D eigenvalue weighted by Crippen LogP contribution is 2.25. The molecule has 0 aliphatic heterocycles. The number of carbonyl (C=O) groups is 1. The Labute approximate surface area is 177 Å². The lowest BCUT2D eigenvalue weighted by atomic mass is 10.2. The monoisotopic (exact) mass is 418 g/mol. The van der Waals surface area contributed by atoms with Crippen molar-refractivity contribution in [2.24, 2.45) is 0 Å². The van der Waals surface area contributed by atoms with Crippen molar-refractivity contribution in [2.45, 2.75) is 11.3 Å². The van der Waals surface area contributed by atoms with Crippen LogP contribution in [-0.4, -0.2) is 26.8 Å². The van der Waals surface area contributed by atoms with Crippen molar-refractivity contribution in [3.8, 4) is 0 Å². The van der Waals surface area contributed by atoms with Gasteiger partial charge in [0, 0.05) is 34.3 Å². The second kappa shape index (κ2) is 9.37. The second-order valence-electron chi connectivity index (χ2n) is 6.56. The van der Waals surface area contributed by atoms with Crippen LogP contribution in [0.2, 0.25) is 0 Å². The summed E-state index contributed by atoms with van der Waals surface area (Å²) >= 11 is 1.59. The molecule has 1 amide bonds.